The lowest BCUT2D eigenvalue weighted by Crippen LogP contribution is -2.05. The van der Waals surface area contributed by atoms with Crippen LogP contribution in [0.15, 0.2) is 35.6 Å². The number of hydrogen-bond donors (Lipinski definition) is 1. The van der Waals surface area contributed by atoms with Crippen molar-refractivity contribution in [1.29, 1.82) is 0 Å². The average molecular weight is 460 g/mol. The Morgan fingerprint density at radius 3 is 2.97 bits per heavy atom. The van der Waals surface area contributed by atoms with Crippen molar-refractivity contribution in [2.75, 3.05) is 5.75 Å². The summed E-state index contributed by atoms with van der Waals surface area (Å²) < 4.78 is 2.15. The van der Waals surface area contributed by atoms with Crippen molar-refractivity contribution in [3.8, 4) is 0 Å². The summed E-state index contributed by atoms with van der Waals surface area (Å²) in [5.74, 6) is 1.96. The van der Waals surface area contributed by atoms with Gasteiger partial charge >= 0.3 is 0 Å². The van der Waals surface area contributed by atoms with Gasteiger partial charge < -0.3 is 4.98 Å². The second-order valence-corrected chi connectivity index (χ2v) is 10.8. The smallest absolute Gasteiger partial charge is 0.197 e. The molecule has 2 aliphatic rings. The number of hydrogen-bond acceptors (Lipinski definition) is 6. The third-order valence-electron chi connectivity index (χ3n) is 6.62. The van der Waals surface area contributed by atoms with E-state index >= 15 is 0 Å². The molecule has 0 radical (unpaired) electrons. The highest BCUT2D eigenvalue weighted by molar-refractivity contribution is 7.99. The number of nitrogens with one attached hydrogen (secondary N) is 1. The van der Waals surface area contributed by atoms with Crippen LogP contribution in [0.25, 0.3) is 26.8 Å². The standard InChI is InChI=1S/C24H21N5OS2/c30-18(16-11-25-17-7-3-1-5-14(16)17)12-31-24-28-27-22-20-15-6-2-4-8-19(15)32-23(20)26-21(29(22)24)13-9-10-13/h1,3,5,7,11,13,25H,2,4,6,8-10,12H2. The van der Waals surface area contributed by atoms with Crippen molar-refractivity contribution in [3.05, 3.63) is 52.3 Å². The number of para-hydroxylation sites is 1. The first-order valence-electron chi connectivity index (χ1n) is 11.2. The van der Waals surface area contributed by atoms with Gasteiger partial charge in [0.25, 0.3) is 0 Å². The van der Waals surface area contributed by atoms with Crippen LogP contribution >= 0.6 is 23.1 Å². The number of H-pyrrole nitrogens is 1. The van der Waals surface area contributed by atoms with E-state index in [-0.39, 0.29) is 5.78 Å². The van der Waals surface area contributed by atoms with Crippen molar-refractivity contribution in [2.24, 2.45) is 0 Å². The van der Waals surface area contributed by atoms with Gasteiger partial charge in [-0.2, -0.15) is 0 Å². The molecule has 0 bridgehead atoms. The molecule has 0 aliphatic heterocycles. The minimum atomic E-state index is 0.0964. The molecule has 1 aromatic carbocycles. The quantitative estimate of drug-likeness (QED) is 0.275. The molecular formula is C24H21N5OS2. The molecule has 7 rings (SSSR count). The van der Waals surface area contributed by atoms with Gasteiger partial charge in [-0.3, -0.25) is 9.20 Å². The number of nitrogens with zero attached hydrogens (tertiary/aromatic N) is 4. The fraction of sp³-hybridized carbons (Fsp3) is 0.333. The molecule has 0 unspecified atom stereocenters. The zero-order valence-electron chi connectivity index (χ0n) is 17.4. The minimum Gasteiger partial charge on any atom is -0.360 e. The van der Waals surface area contributed by atoms with Gasteiger partial charge in [0.15, 0.2) is 16.6 Å². The predicted molar refractivity (Wildman–Crippen MR) is 128 cm³/mol. The van der Waals surface area contributed by atoms with Gasteiger partial charge in [0.1, 0.15) is 10.7 Å². The molecule has 4 aromatic heterocycles. The number of thiophene rings is 1. The van der Waals surface area contributed by atoms with Crippen LogP contribution in [0.1, 0.15) is 58.2 Å². The molecule has 1 saturated carbocycles. The van der Waals surface area contributed by atoms with Crippen LogP contribution in [0.3, 0.4) is 0 Å². The molecule has 6 nitrogen and oxygen atoms in total. The van der Waals surface area contributed by atoms with Crippen molar-refractivity contribution < 1.29 is 4.79 Å². The fourth-order valence-corrected chi connectivity index (χ4v) is 6.96. The van der Waals surface area contributed by atoms with E-state index in [9.17, 15) is 4.79 Å². The normalized spacial score (nSPS) is 16.2. The van der Waals surface area contributed by atoms with Gasteiger partial charge in [0.05, 0.1) is 11.1 Å². The monoisotopic (exact) mass is 459 g/mol. The summed E-state index contributed by atoms with van der Waals surface area (Å²) in [4.78, 5) is 23.9. The Labute approximate surface area is 192 Å². The summed E-state index contributed by atoms with van der Waals surface area (Å²) in [6.45, 7) is 0. The molecule has 0 spiro atoms. The highest BCUT2D eigenvalue weighted by Crippen LogP contribution is 2.44. The van der Waals surface area contributed by atoms with Gasteiger partial charge in [-0.15, -0.1) is 21.5 Å². The lowest BCUT2D eigenvalue weighted by Gasteiger charge is -2.11. The zero-order valence-corrected chi connectivity index (χ0v) is 19.1. The Hall–Kier alpha value is -2.71. The van der Waals surface area contributed by atoms with Crippen molar-refractivity contribution >= 4 is 55.6 Å². The Kier molecular flexibility index (Phi) is 4.20. The molecule has 0 saturated heterocycles. The van der Waals surface area contributed by atoms with Crippen LogP contribution in [-0.2, 0) is 12.8 Å². The van der Waals surface area contributed by atoms with Crippen molar-refractivity contribution in [2.45, 2.75) is 49.6 Å². The molecule has 32 heavy (non-hydrogen) atoms. The number of thioether (sulfide) groups is 1. The summed E-state index contributed by atoms with van der Waals surface area (Å²) in [6.07, 6.45) is 8.87. The first-order chi connectivity index (χ1) is 15.8. The lowest BCUT2D eigenvalue weighted by atomic mass is 9.97. The van der Waals surface area contributed by atoms with E-state index in [1.165, 1.54) is 40.4 Å². The number of aromatic nitrogens is 5. The lowest BCUT2D eigenvalue weighted by molar-refractivity contribution is 0.102. The first kappa shape index (κ1) is 18.8. The number of rotatable bonds is 5. The number of benzene rings is 1. The number of ketones is 1. The molecule has 8 heteroatoms. The third-order valence-corrected chi connectivity index (χ3v) is 8.73. The predicted octanol–water partition coefficient (Wildman–Crippen LogP) is 5.55. The highest BCUT2D eigenvalue weighted by Gasteiger charge is 2.32. The highest BCUT2D eigenvalue weighted by atomic mass is 32.2. The van der Waals surface area contributed by atoms with Crippen molar-refractivity contribution in [1.82, 2.24) is 24.6 Å². The second-order valence-electron chi connectivity index (χ2n) is 8.74. The molecule has 4 heterocycles. The van der Waals surface area contributed by atoms with Crippen LogP contribution in [0, 0.1) is 0 Å². The number of carbonyl (C=O) groups excluding carboxylic acids is 1. The van der Waals surface area contributed by atoms with Crippen LogP contribution in [0.4, 0.5) is 0 Å². The Balaban J connectivity index is 1.29. The third kappa shape index (κ3) is 2.85. The maximum atomic E-state index is 13.0. The van der Waals surface area contributed by atoms with Gasteiger partial charge in [0.2, 0.25) is 0 Å². The molecule has 160 valence electrons. The summed E-state index contributed by atoms with van der Waals surface area (Å²) in [6, 6.07) is 7.92. The Bertz CT molecular complexity index is 1520. The topological polar surface area (TPSA) is 75.9 Å². The molecule has 1 fully saturated rings. The van der Waals surface area contributed by atoms with Crippen molar-refractivity contribution in [3.63, 3.8) is 0 Å². The van der Waals surface area contributed by atoms with Crippen LogP contribution in [0.2, 0.25) is 0 Å². The van der Waals surface area contributed by atoms with Gasteiger partial charge in [-0.05, 0) is 50.2 Å². The molecule has 0 amide bonds. The summed E-state index contributed by atoms with van der Waals surface area (Å²) in [7, 11) is 0. The van der Waals surface area contributed by atoms with Crippen LogP contribution < -0.4 is 0 Å². The van der Waals surface area contributed by atoms with E-state index in [2.05, 4.69) is 19.6 Å². The summed E-state index contributed by atoms with van der Waals surface area (Å²) >= 11 is 3.31. The van der Waals surface area contributed by atoms with Gasteiger partial charge in [-0.25, -0.2) is 4.98 Å². The maximum Gasteiger partial charge on any atom is 0.197 e. The van der Waals surface area contributed by atoms with E-state index in [1.807, 2.05) is 41.8 Å². The van der Waals surface area contributed by atoms with E-state index < -0.39 is 0 Å². The summed E-state index contributed by atoms with van der Waals surface area (Å²) in [5, 5.41) is 12.1. The van der Waals surface area contributed by atoms with Gasteiger partial charge in [-0.1, -0.05) is 30.0 Å². The second kappa shape index (κ2) is 7.15. The number of carbonyl (C=O) groups is 1. The van der Waals surface area contributed by atoms with E-state index in [0.717, 1.165) is 63.6 Å². The molecule has 2 aliphatic carbocycles. The SMILES string of the molecule is O=C(CSc1nnc2c3c4c(sc3nc(C3CC3)n12)CCCC4)c1c[nH]c2ccccc12. The number of Topliss-reactive ketones (excluding diaryl/α,β-unsaturated/α-hetero) is 1. The Morgan fingerprint density at radius 1 is 1.19 bits per heavy atom. The number of aromatic amines is 1. The molecular weight excluding hydrogens is 438 g/mol. The molecule has 5 aromatic rings. The Morgan fingerprint density at radius 2 is 2.06 bits per heavy atom. The van der Waals surface area contributed by atoms with E-state index in [4.69, 9.17) is 4.98 Å². The van der Waals surface area contributed by atoms with Crippen LogP contribution in [-0.4, -0.2) is 36.1 Å². The largest absolute Gasteiger partial charge is 0.360 e. The average Bonchev–Trinajstić information content (AvgIpc) is 3.27. The van der Waals surface area contributed by atoms with E-state index in [1.54, 1.807) is 0 Å². The maximum absolute atomic E-state index is 13.0. The van der Waals surface area contributed by atoms with Crippen LogP contribution in [0.5, 0.6) is 0 Å². The summed E-state index contributed by atoms with van der Waals surface area (Å²) in [5.41, 5.74) is 4.07. The first-order valence-corrected chi connectivity index (χ1v) is 13.0. The number of fused-ring (bicyclic) bond motifs is 6. The van der Waals surface area contributed by atoms with E-state index in [0.29, 0.717) is 11.7 Å². The minimum absolute atomic E-state index is 0.0964. The zero-order chi connectivity index (χ0) is 21.2. The van der Waals surface area contributed by atoms with Gasteiger partial charge in [0, 0.05) is 33.5 Å². The number of aryl methyl sites for hydroxylation is 2. The fourth-order valence-electron chi connectivity index (χ4n) is 4.87. The molecule has 0 atom stereocenters. The molecule has 1 N–H and O–H groups in total.